The van der Waals surface area contributed by atoms with Crippen molar-refractivity contribution in [2.45, 2.75) is 9.87 Å². The molecule has 1 heterocycles. The first kappa shape index (κ1) is 20.4. The van der Waals surface area contributed by atoms with Crippen LogP contribution in [0, 0.1) is 0 Å². The van der Waals surface area contributed by atoms with Crippen molar-refractivity contribution in [3.05, 3.63) is 0 Å². The van der Waals surface area contributed by atoms with Crippen LogP contribution in [-0.4, -0.2) is 90.3 Å². The molecule has 0 aromatic heterocycles. The Balaban J connectivity index is 0.000000486. The van der Waals surface area contributed by atoms with E-state index in [1.54, 1.807) is 0 Å². The van der Waals surface area contributed by atoms with Gasteiger partial charge in [0.1, 0.15) is 0 Å². The lowest BCUT2D eigenvalue weighted by molar-refractivity contribution is -0.150. The molecule has 0 spiro atoms. The minimum atomic E-state index is -2.01. The first-order valence-electron chi connectivity index (χ1n) is 5.83. The molecule has 2 unspecified atom stereocenters. The van der Waals surface area contributed by atoms with Crippen molar-refractivity contribution in [1.82, 2.24) is 5.32 Å². The van der Waals surface area contributed by atoms with E-state index in [-0.39, 0.29) is 24.7 Å². The summed E-state index contributed by atoms with van der Waals surface area (Å²) in [6.45, 7) is 1.42. The Kier molecular flexibility index (Phi) is 9.20. The van der Waals surface area contributed by atoms with Crippen LogP contribution in [0.4, 0.5) is 0 Å². The van der Waals surface area contributed by atoms with Crippen molar-refractivity contribution in [2.75, 3.05) is 37.8 Å². The molecule has 0 radical (unpaired) electrons. The molecule has 1 aliphatic heterocycles. The predicted octanol–water partition coefficient (Wildman–Crippen LogP) is -2.43. The van der Waals surface area contributed by atoms with Gasteiger partial charge in [-0.15, -0.1) is 23.5 Å². The van der Waals surface area contributed by atoms with Gasteiger partial charge in [-0.05, 0) is 0 Å². The lowest BCUT2D eigenvalue weighted by Gasteiger charge is -2.34. The fraction of sp³-hybridized carbons (Fsp3) is 0.800. The van der Waals surface area contributed by atoms with Crippen molar-refractivity contribution in [3.8, 4) is 0 Å². The summed E-state index contributed by atoms with van der Waals surface area (Å²) >= 11 is 1.03. The van der Waals surface area contributed by atoms with Crippen molar-refractivity contribution < 1.29 is 40.2 Å². The van der Waals surface area contributed by atoms with Gasteiger partial charge in [0.25, 0.3) is 0 Å². The van der Waals surface area contributed by atoms with Gasteiger partial charge in [-0.25, -0.2) is 9.59 Å². The average molecular weight is 345 g/mol. The summed E-state index contributed by atoms with van der Waals surface area (Å²) in [4.78, 5) is 17.1. The quantitative estimate of drug-likeness (QED) is 0.256. The highest BCUT2D eigenvalue weighted by Gasteiger charge is 2.50. The maximum atomic E-state index is 10.5. The van der Waals surface area contributed by atoms with Crippen LogP contribution in [-0.2, 0) is 9.59 Å². The molecule has 2 atom stereocenters. The highest BCUT2D eigenvalue weighted by Crippen LogP contribution is 2.42. The standard InChI is InChI=1S/C6H8O6S2.C4H11NO2/c7-3(8)5(11)1-13-6(12,2-14-5)4(9)10;6-3-1-5-2-4-7/h11-12H,1-2H2,(H,7,8)(H,9,10);5-7H,1-4H2. The summed E-state index contributed by atoms with van der Waals surface area (Å²) in [6.07, 6.45) is 0. The zero-order valence-electron chi connectivity index (χ0n) is 11.1. The smallest absolute Gasteiger partial charge is 0.347 e. The van der Waals surface area contributed by atoms with Crippen LogP contribution < -0.4 is 5.32 Å². The van der Waals surface area contributed by atoms with Gasteiger partial charge in [-0.2, -0.15) is 0 Å². The summed E-state index contributed by atoms with van der Waals surface area (Å²) in [6, 6.07) is 0. The lowest BCUT2D eigenvalue weighted by atomic mass is 10.4. The van der Waals surface area contributed by atoms with Gasteiger partial charge in [0.2, 0.25) is 9.87 Å². The first-order chi connectivity index (χ1) is 9.72. The van der Waals surface area contributed by atoms with E-state index in [9.17, 15) is 19.8 Å². The Bertz CT molecular complexity index is 314. The van der Waals surface area contributed by atoms with Crippen LogP contribution in [0.3, 0.4) is 0 Å². The third kappa shape index (κ3) is 6.82. The number of carboxylic acids is 2. The molecule has 1 rings (SSSR count). The maximum Gasteiger partial charge on any atom is 0.347 e. The third-order valence-electron chi connectivity index (χ3n) is 2.26. The molecule has 7 N–H and O–H groups in total. The average Bonchev–Trinajstić information content (AvgIpc) is 2.43. The van der Waals surface area contributed by atoms with Crippen molar-refractivity contribution in [1.29, 1.82) is 0 Å². The number of nitrogens with one attached hydrogen (secondary N) is 1. The number of aliphatic hydroxyl groups excluding tert-OH is 2. The minimum absolute atomic E-state index is 0.139. The van der Waals surface area contributed by atoms with Crippen LogP contribution in [0.1, 0.15) is 0 Å². The minimum Gasteiger partial charge on any atom is -0.478 e. The molecule has 9 nitrogen and oxygen atoms in total. The topological polar surface area (TPSA) is 168 Å². The Morgan fingerprint density at radius 1 is 0.905 bits per heavy atom. The SMILES string of the molecule is O=C(O)C1(O)CSC(O)(C(=O)O)CS1.OCCNCCO. The van der Waals surface area contributed by atoms with Gasteiger partial charge < -0.3 is 36.0 Å². The summed E-state index contributed by atoms with van der Waals surface area (Å²) in [5.74, 6) is -3.59. The van der Waals surface area contributed by atoms with Crippen molar-refractivity contribution in [2.24, 2.45) is 0 Å². The Morgan fingerprint density at radius 3 is 1.43 bits per heavy atom. The van der Waals surface area contributed by atoms with Gasteiger partial charge >= 0.3 is 11.9 Å². The molecule has 0 bridgehead atoms. The maximum absolute atomic E-state index is 10.5. The number of aliphatic hydroxyl groups is 4. The molecule has 1 fully saturated rings. The number of rotatable bonds is 6. The second-order valence-corrected chi connectivity index (χ2v) is 6.46. The molecule has 0 amide bonds. The molecule has 0 aromatic carbocycles. The van der Waals surface area contributed by atoms with Crippen LogP contribution in [0.5, 0.6) is 0 Å². The fourth-order valence-electron chi connectivity index (χ4n) is 1.05. The summed E-state index contributed by atoms with van der Waals surface area (Å²) < 4.78 is 0. The molecule has 11 heteroatoms. The number of carboxylic acid groups (broad SMARTS) is 2. The van der Waals surface area contributed by atoms with E-state index in [0.717, 1.165) is 0 Å². The monoisotopic (exact) mass is 345 g/mol. The summed E-state index contributed by atoms with van der Waals surface area (Å²) in [5, 5.41) is 55.1. The van der Waals surface area contributed by atoms with Gasteiger partial charge in [0.05, 0.1) is 13.2 Å². The molecule has 124 valence electrons. The zero-order chi connectivity index (χ0) is 16.5. The molecule has 0 saturated carbocycles. The molecule has 1 saturated heterocycles. The van der Waals surface area contributed by atoms with E-state index >= 15 is 0 Å². The van der Waals surface area contributed by atoms with E-state index in [0.29, 0.717) is 36.6 Å². The van der Waals surface area contributed by atoms with Gasteiger partial charge in [-0.1, -0.05) is 0 Å². The second kappa shape index (κ2) is 9.46. The molecule has 1 aliphatic rings. The number of hydrogen-bond acceptors (Lipinski definition) is 9. The van der Waals surface area contributed by atoms with Crippen LogP contribution in [0.2, 0.25) is 0 Å². The zero-order valence-corrected chi connectivity index (χ0v) is 12.7. The highest BCUT2D eigenvalue weighted by atomic mass is 32.2. The number of hydrogen-bond donors (Lipinski definition) is 7. The van der Waals surface area contributed by atoms with E-state index in [1.807, 2.05) is 0 Å². The lowest BCUT2D eigenvalue weighted by Crippen LogP contribution is -2.50. The third-order valence-corrected chi connectivity index (χ3v) is 5.34. The molecule has 21 heavy (non-hydrogen) atoms. The fourth-order valence-corrected chi connectivity index (χ4v) is 3.43. The van der Waals surface area contributed by atoms with E-state index < -0.39 is 21.8 Å². The number of carbonyl (C=O) groups is 2. The molecular formula is C10H19NO8S2. The summed E-state index contributed by atoms with van der Waals surface area (Å²) in [7, 11) is 0. The van der Waals surface area contributed by atoms with E-state index in [1.165, 1.54) is 0 Å². The predicted molar refractivity (Wildman–Crippen MR) is 77.1 cm³/mol. The van der Waals surface area contributed by atoms with Gasteiger partial charge in [0, 0.05) is 24.6 Å². The van der Waals surface area contributed by atoms with Crippen molar-refractivity contribution in [3.63, 3.8) is 0 Å². The Morgan fingerprint density at radius 2 is 1.24 bits per heavy atom. The largest absolute Gasteiger partial charge is 0.478 e. The molecule has 0 aromatic rings. The Hall–Kier alpha value is -0.560. The van der Waals surface area contributed by atoms with E-state index in [2.05, 4.69) is 5.32 Å². The highest BCUT2D eigenvalue weighted by molar-refractivity contribution is 8.08. The molecule has 0 aliphatic carbocycles. The van der Waals surface area contributed by atoms with Crippen molar-refractivity contribution >= 4 is 35.5 Å². The second-order valence-electron chi connectivity index (χ2n) is 3.95. The van der Waals surface area contributed by atoms with E-state index in [4.69, 9.17) is 20.4 Å². The Labute approximate surface area is 129 Å². The van der Waals surface area contributed by atoms with Gasteiger partial charge in [-0.3, -0.25) is 0 Å². The molecular weight excluding hydrogens is 326 g/mol. The number of thioether (sulfide) groups is 2. The summed E-state index contributed by atoms with van der Waals surface area (Å²) in [5.41, 5.74) is 0. The number of aliphatic carboxylic acids is 2. The van der Waals surface area contributed by atoms with Crippen LogP contribution >= 0.6 is 23.5 Å². The van der Waals surface area contributed by atoms with Crippen LogP contribution in [0.25, 0.3) is 0 Å². The normalized spacial score (nSPS) is 28.4. The first-order valence-corrected chi connectivity index (χ1v) is 7.81. The van der Waals surface area contributed by atoms with Gasteiger partial charge in [0.15, 0.2) is 0 Å². The van der Waals surface area contributed by atoms with Crippen LogP contribution in [0.15, 0.2) is 0 Å².